The van der Waals surface area contributed by atoms with Crippen LogP contribution < -0.4 is 5.32 Å². The van der Waals surface area contributed by atoms with E-state index in [1.165, 1.54) is 0 Å². The molecule has 0 aliphatic carbocycles. The molecule has 12 heavy (non-hydrogen) atoms. The number of carbonyl (C=O) groups excluding carboxylic acids is 1. The third-order valence-corrected chi connectivity index (χ3v) is 2.74. The fourth-order valence-electron chi connectivity index (χ4n) is 1.75. The fraction of sp³-hybridized carbons (Fsp3) is 0.900. The zero-order chi connectivity index (χ0) is 9.03. The minimum absolute atomic E-state index is 0.185. The Morgan fingerprint density at radius 3 is 2.83 bits per heavy atom. The normalized spacial score (nSPS) is 29.2. The lowest BCUT2D eigenvalue weighted by Gasteiger charge is -2.22. The van der Waals surface area contributed by atoms with Gasteiger partial charge >= 0.3 is 0 Å². The number of Topliss-reactive ketones (excluding diaryl/α,β-unsaturated/α-hetero) is 1. The molecule has 1 aliphatic rings. The summed E-state index contributed by atoms with van der Waals surface area (Å²) in [5.41, 5.74) is -0.185. The molecule has 2 heteroatoms. The predicted octanol–water partition coefficient (Wildman–Crippen LogP) is 1.89. The van der Waals surface area contributed by atoms with Crippen molar-refractivity contribution in [3.63, 3.8) is 0 Å². The van der Waals surface area contributed by atoms with Gasteiger partial charge in [0, 0.05) is 6.42 Å². The number of carbonyl (C=O) groups is 1. The van der Waals surface area contributed by atoms with Crippen LogP contribution in [0.3, 0.4) is 0 Å². The maximum Gasteiger partial charge on any atom is 0.152 e. The maximum atomic E-state index is 11.7. The van der Waals surface area contributed by atoms with Gasteiger partial charge in [-0.2, -0.15) is 0 Å². The molecule has 1 fully saturated rings. The highest BCUT2D eigenvalue weighted by molar-refractivity contribution is 5.88. The van der Waals surface area contributed by atoms with Gasteiger partial charge in [0.2, 0.25) is 0 Å². The van der Waals surface area contributed by atoms with Crippen molar-refractivity contribution >= 4 is 5.78 Å². The fourth-order valence-corrected chi connectivity index (χ4v) is 1.75. The summed E-state index contributed by atoms with van der Waals surface area (Å²) in [6.07, 6.45) is 5.07. The van der Waals surface area contributed by atoms with Crippen molar-refractivity contribution in [1.29, 1.82) is 0 Å². The summed E-state index contributed by atoms with van der Waals surface area (Å²) >= 11 is 0. The summed E-state index contributed by atoms with van der Waals surface area (Å²) in [6.45, 7) is 5.17. The molecule has 0 spiro atoms. The average molecular weight is 169 g/mol. The van der Waals surface area contributed by atoms with E-state index < -0.39 is 0 Å². The summed E-state index contributed by atoms with van der Waals surface area (Å²) < 4.78 is 0. The van der Waals surface area contributed by atoms with E-state index in [1.54, 1.807) is 0 Å². The van der Waals surface area contributed by atoms with Gasteiger partial charge in [-0.3, -0.25) is 4.79 Å². The largest absolute Gasteiger partial charge is 0.305 e. The summed E-state index contributed by atoms with van der Waals surface area (Å²) in [7, 11) is 0. The molecule has 1 aliphatic heterocycles. The second kappa shape index (κ2) is 4.04. The van der Waals surface area contributed by atoms with Gasteiger partial charge in [0.15, 0.2) is 5.78 Å². The van der Waals surface area contributed by atoms with Crippen LogP contribution in [0.4, 0.5) is 0 Å². The van der Waals surface area contributed by atoms with Crippen LogP contribution in [0.2, 0.25) is 0 Å². The third kappa shape index (κ3) is 2.07. The van der Waals surface area contributed by atoms with Crippen LogP contribution in [-0.2, 0) is 4.79 Å². The smallest absolute Gasteiger partial charge is 0.152 e. The molecular formula is C10H19NO. The summed E-state index contributed by atoms with van der Waals surface area (Å²) in [5.74, 6) is 0.404. The zero-order valence-electron chi connectivity index (χ0n) is 8.15. The lowest BCUT2D eigenvalue weighted by atomic mass is 9.91. The Kier molecular flexibility index (Phi) is 3.27. The second-order valence-electron chi connectivity index (χ2n) is 3.89. The molecule has 1 rings (SSSR count). The summed E-state index contributed by atoms with van der Waals surface area (Å²) in [6, 6.07) is 0. The SMILES string of the molecule is CCCCC(=O)C1(C)CCCN1. The molecule has 2 nitrogen and oxygen atoms in total. The zero-order valence-corrected chi connectivity index (χ0v) is 8.15. The molecule has 0 aromatic heterocycles. The molecule has 0 aromatic carbocycles. The molecule has 1 heterocycles. The van der Waals surface area contributed by atoms with Crippen molar-refractivity contribution in [2.45, 2.75) is 51.5 Å². The first kappa shape index (κ1) is 9.72. The monoisotopic (exact) mass is 169 g/mol. The number of nitrogens with one attached hydrogen (secondary N) is 1. The number of rotatable bonds is 4. The molecule has 1 unspecified atom stereocenters. The molecule has 1 saturated heterocycles. The van der Waals surface area contributed by atoms with E-state index in [0.717, 1.165) is 38.6 Å². The molecule has 0 amide bonds. The van der Waals surface area contributed by atoms with Crippen LogP contribution in [0.25, 0.3) is 0 Å². The van der Waals surface area contributed by atoms with Gasteiger partial charge in [0.25, 0.3) is 0 Å². The van der Waals surface area contributed by atoms with Gasteiger partial charge in [0.05, 0.1) is 5.54 Å². The van der Waals surface area contributed by atoms with Gasteiger partial charge < -0.3 is 5.32 Å². The van der Waals surface area contributed by atoms with E-state index in [9.17, 15) is 4.79 Å². The Balaban J connectivity index is 2.39. The van der Waals surface area contributed by atoms with Crippen molar-refractivity contribution < 1.29 is 4.79 Å². The summed E-state index contributed by atoms with van der Waals surface area (Å²) in [4.78, 5) is 11.7. The minimum atomic E-state index is -0.185. The molecule has 0 aromatic rings. The first-order chi connectivity index (χ1) is 5.69. The molecule has 1 atom stereocenters. The number of ketones is 1. The lowest BCUT2D eigenvalue weighted by molar-refractivity contribution is -0.124. The van der Waals surface area contributed by atoms with Crippen molar-refractivity contribution in [3.8, 4) is 0 Å². The quantitative estimate of drug-likeness (QED) is 0.696. The molecule has 0 saturated carbocycles. The number of unbranched alkanes of at least 4 members (excludes halogenated alkanes) is 1. The van der Waals surface area contributed by atoms with Gasteiger partial charge in [-0.1, -0.05) is 13.3 Å². The topological polar surface area (TPSA) is 29.1 Å². The van der Waals surface area contributed by atoms with Crippen LogP contribution >= 0.6 is 0 Å². The van der Waals surface area contributed by atoms with E-state index in [2.05, 4.69) is 12.2 Å². The van der Waals surface area contributed by atoms with Crippen LogP contribution in [0.1, 0.15) is 46.0 Å². The van der Waals surface area contributed by atoms with E-state index in [-0.39, 0.29) is 5.54 Å². The maximum absolute atomic E-state index is 11.7. The van der Waals surface area contributed by atoms with Gasteiger partial charge in [0.1, 0.15) is 0 Å². The lowest BCUT2D eigenvalue weighted by Crippen LogP contribution is -2.44. The van der Waals surface area contributed by atoms with Crippen molar-refractivity contribution in [3.05, 3.63) is 0 Å². The Hall–Kier alpha value is -0.370. The molecule has 70 valence electrons. The van der Waals surface area contributed by atoms with E-state index in [0.29, 0.717) is 5.78 Å². The van der Waals surface area contributed by atoms with Crippen molar-refractivity contribution in [2.24, 2.45) is 0 Å². The molecule has 0 bridgehead atoms. The number of hydrogen-bond acceptors (Lipinski definition) is 2. The van der Waals surface area contributed by atoms with Crippen molar-refractivity contribution in [2.75, 3.05) is 6.54 Å². The molecule has 1 N–H and O–H groups in total. The van der Waals surface area contributed by atoms with Crippen molar-refractivity contribution in [1.82, 2.24) is 5.32 Å². The average Bonchev–Trinajstić information content (AvgIpc) is 2.49. The second-order valence-corrected chi connectivity index (χ2v) is 3.89. The highest BCUT2D eigenvalue weighted by atomic mass is 16.1. The standard InChI is InChI=1S/C10H19NO/c1-3-4-6-9(12)10(2)7-5-8-11-10/h11H,3-8H2,1-2H3. The van der Waals surface area contributed by atoms with E-state index in [1.807, 2.05) is 6.92 Å². The molecule has 0 radical (unpaired) electrons. The Labute approximate surface area is 74.7 Å². The third-order valence-electron chi connectivity index (χ3n) is 2.74. The van der Waals surface area contributed by atoms with Crippen LogP contribution in [0.5, 0.6) is 0 Å². The van der Waals surface area contributed by atoms with Crippen LogP contribution in [-0.4, -0.2) is 17.9 Å². The Morgan fingerprint density at radius 2 is 2.33 bits per heavy atom. The van der Waals surface area contributed by atoms with E-state index in [4.69, 9.17) is 0 Å². The Bertz CT molecular complexity index is 159. The highest BCUT2D eigenvalue weighted by Crippen LogP contribution is 2.21. The summed E-state index contributed by atoms with van der Waals surface area (Å²) in [5, 5.41) is 3.29. The number of hydrogen-bond donors (Lipinski definition) is 1. The highest BCUT2D eigenvalue weighted by Gasteiger charge is 2.34. The first-order valence-corrected chi connectivity index (χ1v) is 4.97. The minimum Gasteiger partial charge on any atom is -0.305 e. The van der Waals surface area contributed by atoms with E-state index >= 15 is 0 Å². The van der Waals surface area contributed by atoms with Crippen LogP contribution in [0.15, 0.2) is 0 Å². The van der Waals surface area contributed by atoms with Gasteiger partial charge in [-0.25, -0.2) is 0 Å². The first-order valence-electron chi connectivity index (χ1n) is 4.97. The Morgan fingerprint density at radius 1 is 1.58 bits per heavy atom. The molecular weight excluding hydrogens is 150 g/mol. The van der Waals surface area contributed by atoms with Gasteiger partial charge in [-0.15, -0.1) is 0 Å². The van der Waals surface area contributed by atoms with Crippen LogP contribution in [0, 0.1) is 0 Å². The van der Waals surface area contributed by atoms with Gasteiger partial charge in [-0.05, 0) is 32.7 Å². The predicted molar refractivity (Wildman–Crippen MR) is 50.2 cm³/mol.